The van der Waals surface area contributed by atoms with E-state index < -0.39 is 6.17 Å². The standard InChI is InChI=1S/C9H15Cl2F/c1-2-3-4-5-9(12)6-8(11)7-10/h6,9H,2-5,7H2,1H3. The monoisotopic (exact) mass is 212 g/mol. The molecule has 0 aromatic rings. The van der Waals surface area contributed by atoms with Crippen molar-refractivity contribution < 1.29 is 4.39 Å². The first-order chi connectivity index (χ1) is 5.70. The van der Waals surface area contributed by atoms with E-state index in [1.54, 1.807) is 0 Å². The van der Waals surface area contributed by atoms with Crippen LogP contribution in [0, 0.1) is 0 Å². The van der Waals surface area contributed by atoms with Crippen molar-refractivity contribution in [3.8, 4) is 0 Å². The second-order valence-electron chi connectivity index (χ2n) is 2.76. The Hall–Kier alpha value is 0.250. The lowest BCUT2D eigenvalue weighted by Gasteiger charge is -2.02. The number of halogens is 3. The molecule has 0 saturated heterocycles. The lowest BCUT2D eigenvalue weighted by Crippen LogP contribution is -1.96. The van der Waals surface area contributed by atoms with Gasteiger partial charge in [0.2, 0.25) is 0 Å². The van der Waals surface area contributed by atoms with E-state index in [0.29, 0.717) is 11.5 Å². The van der Waals surface area contributed by atoms with Gasteiger partial charge in [0.15, 0.2) is 0 Å². The van der Waals surface area contributed by atoms with Crippen LogP contribution in [0.2, 0.25) is 0 Å². The van der Waals surface area contributed by atoms with Gasteiger partial charge in [-0.05, 0) is 12.5 Å². The topological polar surface area (TPSA) is 0 Å². The van der Waals surface area contributed by atoms with Gasteiger partial charge in [-0.15, -0.1) is 11.6 Å². The van der Waals surface area contributed by atoms with Crippen molar-refractivity contribution in [1.82, 2.24) is 0 Å². The molecule has 0 radical (unpaired) electrons. The van der Waals surface area contributed by atoms with Crippen LogP contribution in [-0.4, -0.2) is 12.1 Å². The van der Waals surface area contributed by atoms with Crippen molar-refractivity contribution in [2.24, 2.45) is 0 Å². The van der Waals surface area contributed by atoms with Crippen molar-refractivity contribution in [2.45, 2.75) is 38.8 Å². The van der Waals surface area contributed by atoms with Gasteiger partial charge in [-0.1, -0.05) is 37.8 Å². The van der Waals surface area contributed by atoms with Crippen LogP contribution in [0.15, 0.2) is 11.1 Å². The maximum absolute atomic E-state index is 12.9. The summed E-state index contributed by atoms with van der Waals surface area (Å²) in [4.78, 5) is 0. The first kappa shape index (κ1) is 12.2. The van der Waals surface area contributed by atoms with Gasteiger partial charge in [0.25, 0.3) is 0 Å². The van der Waals surface area contributed by atoms with Crippen molar-refractivity contribution in [3.63, 3.8) is 0 Å². The minimum Gasteiger partial charge on any atom is -0.243 e. The molecule has 0 aromatic heterocycles. The molecule has 1 unspecified atom stereocenters. The summed E-state index contributed by atoms with van der Waals surface area (Å²) in [5.41, 5.74) is 0. The highest BCUT2D eigenvalue weighted by Crippen LogP contribution is 2.12. The fourth-order valence-electron chi connectivity index (χ4n) is 0.913. The molecule has 0 aliphatic rings. The summed E-state index contributed by atoms with van der Waals surface area (Å²) in [6.07, 6.45) is 4.13. The molecule has 0 amide bonds. The zero-order chi connectivity index (χ0) is 9.40. The number of alkyl halides is 2. The highest BCUT2D eigenvalue weighted by molar-refractivity contribution is 6.35. The highest BCUT2D eigenvalue weighted by Gasteiger charge is 2.02. The molecule has 0 aromatic carbocycles. The number of rotatable bonds is 6. The van der Waals surface area contributed by atoms with Crippen LogP contribution in [0.25, 0.3) is 0 Å². The molecule has 0 bridgehead atoms. The third kappa shape index (κ3) is 6.93. The summed E-state index contributed by atoms with van der Waals surface area (Å²) in [6, 6.07) is 0. The predicted octanol–water partition coefficient (Wildman–Crippen LogP) is 4.27. The molecule has 1 atom stereocenters. The Morgan fingerprint density at radius 1 is 1.50 bits per heavy atom. The lowest BCUT2D eigenvalue weighted by molar-refractivity contribution is 0.366. The third-order valence-corrected chi connectivity index (χ3v) is 2.26. The van der Waals surface area contributed by atoms with E-state index in [0.717, 1.165) is 19.3 Å². The zero-order valence-corrected chi connectivity index (χ0v) is 8.84. The number of allylic oxidation sites excluding steroid dienone is 2. The van der Waals surface area contributed by atoms with Crippen LogP contribution >= 0.6 is 23.2 Å². The van der Waals surface area contributed by atoms with Crippen LogP contribution in [0.1, 0.15) is 32.6 Å². The number of hydrogen-bond acceptors (Lipinski definition) is 0. The number of unbranched alkanes of at least 4 members (excludes halogenated alkanes) is 2. The van der Waals surface area contributed by atoms with Crippen molar-refractivity contribution in [1.29, 1.82) is 0 Å². The second-order valence-corrected chi connectivity index (χ2v) is 3.51. The van der Waals surface area contributed by atoms with E-state index in [4.69, 9.17) is 23.2 Å². The van der Waals surface area contributed by atoms with Crippen molar-refractivity contribution >= 4 is 23.2 Å². The van der Waals surface area contributed by atoms with Gasteiger partial charge >= 0.3 is 0 Å². The molecule has 0 saturated carbocycles. The van der Waals surface area contributed by atoms with Gasteiger partial charge < -0.3 is 0 Å². The van der Waals surface area contributed by atoms with E-state index in [9.17, 15) is 4.39 Å². The Balaban J connectivity index is 3.51. The Kier molecular flexibility index (Phi) is 8.04. The maximum atomic E-state index is 12.9. The largest absolute Gasteiger partial charge is 0.243 e. The molecule has 0 spiro atoms. The van der Waals surface area contributed by atoms with Gasteiger partial charge in [0.1, 0.15) is 6.17 Å². The SMILES string of the molecule is CCCCCC(F)C=C(Cl)CCl. The average molecular weight is 213 g/mol. The summed E-state index contributed by atoms with van der Waals surface area (Å²) in [7, 11) is 0. The zero-order valence-electron chi connectivity index (χ0n) is 7.32. The van der Waals surface area contributed by atoms with Crippen LogP contribution in [0.4, 0.5) is 4.39 Å². The Bertz CT molecular complexity index is 134. The molecule has 3 heteroatoms. The smallest absolute Gasteiger partial charge is 0.120 e. The predicted molar refractivity (Wildman–Crippen MR) is 53.7 cm³/mol. The molecule has 0 aliphatic heterocycles. The Morgan fingerprint density at radius 2 is 2.17 bits per heavy atom. The molecular formula is C9H15Cl2F. The molecule has 0 nitrogen and oxygen atoms in total. The second kappa shape index (κ2) is 7.88. The van der Waals surface area contributed by atoms with E-state index in [2.05, 4.69) is 6.92 Å². The highest BCUT2D eigenvalue weighted by atomic mass is 35.5. The van der Waals surface area contributed by atoms with E-state index in [-0.39, 0.29) is 5.88 Å². The minimum atomic E-state index is -0.928. The summed E-state index contributed by atoms with van der Waals surface area (Å²) in [5, 5.41) is 0.403. The summed E-state index contributed by atoms with van der Waals surface area (Å²) in [5.74, 6) is 0.204. The first-order valence-corrected chi connectivity index (χ1v) is 5.18. The average Bonchev–Trinajstić information content (AvgIpc) is 2.05. The van der Waals surface area contributed by atoms with Crippen LogP contribution in [-0.2, 0) is 0 Å². The molecule has 0 heterocycles. The molecule has 0 aliphatic carbocycles. The minimum absolute atomic E-state index is 0.204. The van der Waals surface area contributed by atoms with E-state index in [1.807, 2.05) is 0 Å². The normalized spacial score (nSPS) is 14.8. The Labute approximate surface area is 83.7 Å². The van der Waals surface area contributed by atoms with Gasteiger partial charge in [-0.3, -0.25) is 0 Å². The molecule has 0 rings (SSSR count). The molecule has 0 fully saturated rings. The fraction of sp³-hybridized carbons (Fsp3) is 0.778. The summed E-state index contributed by atoms with van der Waals surface area (Å²) >= 11 is 11.0. The quantitative estimate of drug-likeness (QED) is 0.456. The van der Waals surface area contributed by atoms with Crippen molar-refractivity contribution in [3.05, 3.63) is 11.1 Å². The summed E-state index contributed by atoms with van der Waals surface area (Å²) in [6.45, 7) is 2.09. The van der Waals surface area contributed by atoms with Crippen molar-refractivity contribution in [2.75, 3.05) is 5.88 Å². The van der Waals surface area contributed by atoms with Crippen LogP contribution in [0.3, 0.4) is 0 Å². The van der Waals surface area contributed by atoms with Gasteiger partial charge in [0.05, 0.1) is 5.88 Å². The van der Waals surface area contributed by atoms with E-state index >= 15 is 0 Å². The molecule has 12 heavy (non-hydrogen) atoms. The molecule has 72 valence electrons. The molecular weight excluding hydrogens is 198 g/mol. The maximum Gasteiger partial charge on any atom is 0.120 e. The van der Waals surface area contributed by atoms with Gasteiger partial charge in [-0.25, -0.2) is 4.39 Å². The first-order valence-electron chi connectivity index (χ1n) is 4.27. The van der Waals surface area contributed by atoms with Gasteiger partial charge in [-0.2, -0.15) is 0 Å². The lowest BCUT2D eigenvalue weighted by atomic mass is 10.1. The van der Waals surface area contributed by atoms with Crippen LogP contribution in [0.5, 0.6) is 0 Å². The Morgan fingerprint density at radius 3 is 2.67 bits per heavy atom. The van der Waals surface area contributed by atoms with Gasteiger partial charge in [0, 0.05) is 5.03 Å². The fourth-order valence-corrected chi connectivity index (χ4v) is 1.14. The number of hydrogen-bond donors (Lipinski definition) is 0. The van der Waals surface area contributed by atoms with E-state index in [1.165, 1.54) is 6.08 Å². The third-order valence-electron chi connectivity index (χ3n) is 1.57. The summed E-state index contributed by atoms with van der Waals surface area (Å²) < 4.78 is 12.9. The van der Waals surface area contributed by atoms with Crippen LogP contribution < -0.4 is 0 Å². The molecule has 0 N–H and O–H groups in total.